The van der Waals surface area contributed by atoms with Gasteiger partial charge in [-0.1, -0.05) is 172 Å². The minimum Gasteiger partial charge on any atom is -0.309 e. The number of hydrogen-bond acceptors (Lipinski definition) is 2. The molecule has 3 nitrogen and oxygen atoms in total. The van der Waals surface area contributed by atoms with Gasteiger partial charge in [-0.15, -0.1) is 0 Å². The maximum Gasteiger partial charge on any atom is 0.160 e. The van der Waals surface area contributed by atoms with Crippen molar-refractivity contribution in [1.82, 2.24) is 14.5 Å². The molecular weight excluding hydrogens is 751 g/mol. The number of hydrogen-bond donors (Lipinski definition) is 0. The fourth-order valence-corrected chi connectivity index (χ4v) is 9.86. The van der Waals surface area contributed by atoms with E-state index in [1.165, 1.54) is 66.0 Å². The molecule has 0 radical (unpaired) electrons. The normalized spacial score (nSPS) is 12.8. The van der Waals surface area contributed by atoms with E-state index in [1.54, 1.807) is 0 Å². The molecule has 0 aliphatic heterocycles. The van der Waals surface area contributed by atoms with Crippen LogP contribution in [0.25, 0.3) is 106 Å². The van der Waals surface area contributed by atoms with Gasteiger partial charge >= 0.3 is 0 Å². The van der Waals surface area contributed by atoms with Crippen molar-refractivity contribution in [3.05, 3.63) is 223 Å². The van der Waals surface area contributed by atoms with Crippen LogP contribution >= 0.6 is 0 Å². The van der Waals surface area contributed by atoms with Crippen LogP contribution in [0.2, 0.25) is 0 Å². The molecule has 0 atom stereocenters. The largest absolute Gasteiger partial charge is 0.309 e. The molecule has 0 amide bonds. The molecule has 0 saturated carbocycles. The summed E-state index contributed by atoms with van der Waals surface area (Å²) in [5, 5.41) is 5.03. The van der Waals surface area contributed by atoms with Crippen LogP contribution in [0.4, 0.5) is 0 Å². The molecule has 1 aliphatic rings. The first kappa shape index (κ1) is 36.0. The van der Waals surface area contributed by atoms with Crippen LogP contribution in [0.3, 0.4) is 0 Å². The van der Waals surface area contributed by atoms with Gasteiger partial charge in [0.05, 0.1) is 22.4 Å². The van der Waals surface area contributed by atoms with Crippen LogP contribution in [-0.4, -0.2) is 14.5 Å². The summed E-state index contributed by atoms with van der Waals surface area (Å²) in [7, 11) is 0. The Hall–Kier alpha value is -7.88. The van der Waals surface area contributed by atoms with Crippen LogP contribution in [0.5, 0.6) is 0 Å². The van der Waals surface area contributed by atoms with Crippen molar-refractivity contribution < 1.29 is 0 Å². The van der Waals surface area contributed by atoms with Crippen molar-refractivity contribution in [2.75, 3.05) is 0 Å². The second kappa shape index (κ2) is 14.1. The van der Waals surface area contributed by atoms with E-state index in [1.807, 2.05) is 18.2 Å². The van der Waals surface area contributed by atoms with Crippen molar-refractivity contribution in [2.45, 2.75) is 19.3 Å². The highest BCUT2D eigenvalue weighted by Crippen LogP contribution is 2.53. The third kappa shape index (κ3) is 5.81. The van der Waals surface area contributed by atoms with Gasteiger partial charge in [-0.05, 0) is 110 Å². The predicted molar refractivity (Wildman–Crippen MR) is 259 cm³/mol. The van der Waals surface area contributed by atoms with E-state index in [4.69, 9.17) is 9.97 Å². The van der Waals surface area contributed by atoms with Crippen molar-refractivity contribution in [1.29, 1.82) is 0 Å². The topological polar surface area (TPSA) is 30.7 Å². The van der Waals surface area contributed by atoms with E-state index < -0.39 is 0 Å². The Labute approximate surface area is 361 Å². The SMILES string of the molecule is CC1(C)c2cc3ccccc3cc2-c2c(-c3ccc(-c4cc(-c5cccc(-c6ccc7c(c6)c6ccccc6n7-c6ccccc6)c5)nc(-c5ccccc5)n4)cc3)cccc21. The number of nitrogens with zero attached hydrogens (tertiary/aromatic N) is 3. The molecule has 292 valence electrons. The number of para-hydroxylation sites is 2. The van der Waals surface area contributed by atoms with Crippen LogP contribution in [0.15, 0.2) is 212 Å². The smallest absolute Gasteiger partial charge is 0.160 e. The maximum absolute atomic E-state index is 5.21. The molecule has 9 aromatic carbocycles. The quantitative estimate of drug-likeness (QED) is 0.168. The molecule has 0 spiro atoms. The van der Waals surface area contributed by atoms with Gasteiger partial charge in [-0.25, -0.2) is 9.97 Å². The van der Waals surface area contributed by atoms with Gasteiger partial charge in [-0.3, -0.25) is 0 Å². The molecule has 2 aromatic heterocycles. The van der Waals surface area contributed by atoms with Crippen LogP contribution in [-0.2, 0) is 5.41 Å². The summed E-state index contributed by atoms with van der Waals surface area (Å²) in [6.45, 7) is 4.72. The highest BCUT2D eigenvalue weighted by Gasteiger charge is 2.37. The first-order valence-electron chi connectivity index (χ1n) is 21.4. The Bertz CT molecular complexity index is 3520. The van der Waals surface area contributed by atoms with Crippen molar-refractivity contribution in [3.8, 4) is 73.0 Å². The average Bonchev–Trinajstić information content (AvgIpc) is 3.78. The zero-order valence-corrected chi connectivity index (χ0v) is 34.5. The van der Waals surface area contributed by atoms with Gasteiger partial charge in [0.1, 0.15) is 0 Å². The van der Waals surface area contributed by atoms with E-state index in [9.17, 15) is 0 Å². The summed E-state index contributed by atoms with van der Waals surface area (Å²) >= 11 is 0. The molecule has 0 bridgehead atoms. The summed E-state index contributed by atoms with van der Waals surface area (Å²) in [6, 6.07) is 76.6. The third-order valence-corrected chi connectivity index (χ3v) is 13.0. The van der Waals surface area contributed by atoms with Crippen molar-refractivity contribution in [2.24, 2.45) is 0 Å². The molecule has 0 fully saturated rings. The molecule has 11 aromatic rings. The first-order chi connectivity index (χ1) is 30.5. The van der Waals surface area contributed by atoms with Crippen molar-refractivity contribution in [3.63, 3.8) is 0 Å². The monoisotopic (exact) mass is 791 g/mol. The Morgan fingerprint density at radius 1 is 0.371 bits per heavy atom. The van der Waals surface area contributed by atoms with Gasteiger partial charge < -0.3 is 4.57 Å². The van der Waals surface area contributed by atoms with E-state index >= 15 is 0 Å². The second-order valence-corrected chi connectivity index (χ2v) is 17.0. The number of aromatic nitrogens is 3. The van der Waals surface area contributed by atoms with Crippen LogP contribution < -0.4 is 0 Å². The zero-order chi connectivity index (χ0) is 41.4. The minimum atomic E-state index is -0.0946. The Morgan fingerprint density at radius 2 is 0.968 bits per heavy atom. The predicted octanol–water partition coefficient (Wildman–Crippen LogP) is 15.4. The highest BCUT2D eigenvalue weighted by molar-refractivity contribution is 6.10. The molecule has 0 saturated heterocycles. The molecular formula is C59H41N3. The summed E-state index contributed by atoms with van der Waals surface area (Å²) in [6.07, 6.45) is 0. The summed E-state index contributed by atoms with van der Waals surface area (Å²) in [5.41, 5.74) is 18.5. The van der Waals surface area contributed by atoms with Gasteiger partial charge in [-0.2, -0.15) is 0 Å². The molecule has 0 N–H and O–H groups in total. The third-order valence-electron chi connectivity index (χ3n) is 13.0. The lowest BCUT2D eigenvalue weighted by atomic mass is 9.81. The van der Waals surface area contributed by atoms with Gasteiger partial charge in [0.25, 0.3) is 0 Å². The summed E-state index contributed by atoms with van der Waals surface area (Å²) < 4.78 is 2.36. The van der Waals surface area contributed by atoms with Crippen LogP contribution in [0, 0.1) is 0 Å². The van der Waals surface area contributed by atoms with Crippen molar-refractivity contribution >= 4 is 32.6 Å². The highest BCUT2D eigenvalue weighted by atomic mass is 15.0. The molecule has 0 unspecified atom stereocenters. The minimum absolute atomic E-state index is 0.0946. The molecule has 2 heterocycles. The van der Waals surface area contributed by atoms with Gasteiger partial charge in [0.2, 0.25) is 0 Å². The Balaban J connectivity index is 0.942. The molecule has 1 aliphatic carbocycles. The number of benzene rings is 9. The zero-order valence-electron chi connectivity index (χ0n) is 34.5. The van der Waals surface area contributed by atoms with E-state index in [2.05, 4.69) is 213 Å². The van der Waals surface area contributed by atoms with E-state index in [0.717, 1.165) is 44.9 Å². The summed E-state index contributed by atoms with van der Waals surface area (Å²) in [5.74, 6) is 0.703. The van der Waals surface area contributed by atoms with E-state index in [-0.39, 0.29) is 5.41 Å². The first-order valence-corrected chi connectivity index (χ1v) is 21.4. The average molecular weight is 792 g/mol. The standard InChI is InChI=1S/C59H41N3/c1-59(2)51-25-14-24-47(57(51)50-35-42-17-9-10-18-43(42)36-52(50)59)38-27-29-39(30-28-38)53-37-54(61-58(60-53)40-15-5-3-6-16-40)45-20-13-19-41(33-45)44-31-32-56-49(34-44)48-23-11-12-26-55(48)62(56)46-21-7-4-8-22-46/h3-37H,1-2H3. The lowest BCUT2D eigenvalue weighted by Gasteiger charge is -2.22. The summed E-state index contributed by atoms with van der Waals surface area (Å²) in [4.78, 5) is 10.4. The maximum atomic E-state index is 5.21. The number of rotatable bonds is 6. The Kier molecular flexibility index (Phi) is 8.20. The Morgan fingerprint density at radius 3 is 1.77 bits per heavy atom. The second-order valence-electron chi connectivity index (χ2n) is 17.0. The lowest BCUT2D eigenvalue weighted by Crippen LogP contribution is -2.14. The fourth-order valence-electron chi connectivity index (χ4n) is 9.86. The van der Waals surface area contributed by atoms with Crippen LogP contribution in [0.1, 0.15) is 25.0 Å². The number of fused-ring (bicyclic) bond motifs is 7. The van der Waals surface area contributed by atoms with Gasteiger partial charge in [0, 0.05) is 38.6 Å². The van der Waals surface area contributed by atoms with Gasteiger partial charge in [0.15, 0.2) is 5.82 Å². The lowest BCUT2D eigenvalue weighted by molar-refractivity contribution is 0.661. The molecule has 12 rings (SSSR count). The molecule has 3 heteroatoms. The van der Waals surface area contributed by atoms with E-state index in [0.29, 0.717) is 5.82 Å². The fraction of sp³-hybridized carbons (Fsp3) is 0.0508. The molecule has 62 heavy (non-hydrogen) atoms.